The number of aliphatic hydroxyl groups is 1. The molecule has 0 spiro atoms. The maximum atomic E-state index is 14.8. The van der Waals surface area contributed by atoms with Gasteiger partial charge in [0.2, 0.25) is 27.6 Å². The van der Waals surface area contributed by atoms with E-state index in [1.54, 1.807) is 4.72 Å². The molecule has 4 amide bonds. The Morgan fingerprint density at radius 3 is 2.26 bits per heavy atom. The highest BCUT2D eigenvalue weighted by atomic mass is 32.2. The maximum Gasteiger partial charge on any atom is 0.287 e. The van der Waals surface area contributed by atoms with Gasteiger partial charge in [0.15, 0.2) is 9.84 Å². The first kappa shape index (κ1) is 43.7. The van der Waals surface area contributed by atoms with Crippen LogP contribution in [0, 0.1) is 5.92 Å². The van der Waals surface area contributed by atoms with Crippen molar-refractivity contribution in [2.45, 2.75) is 112 Å². The zero-order valence-corrected chi connectivity index (χ0v) is 33.2. The number of Topliss-reactive ketones (excluding diaryl/α,β-unsaturated/α-hetero) is 1. The number of carbonyl (C=O) groups excluding carboxylic acids is 5. The Balaban J connectivity index is 1.47. The number of halogens is 2. The summed E-state index contributed by atoms with van der Waals surface area (Å²) in [5.74, 6) is -5.91. The molecule has 5 rings (SSSR count). The summed E-state index contributed by atoms with van der Waals surface area (Å²) in [6.45, 7) is 1.71. The van der Waals surface area contributed by atoms with Crippen molar-refractivity contribution in [3.8, 4) is 0 Å². The van der Waals surface area contributed by atoms with Gasteiger partial charge in [0, 0.05) is 18.5 Å². The van der Waals surface area contributed by atoms with Crippen LogP contribution in [0.1, 0.15) is 93.7 Å². The normalized spacial score (nSPS) is 21.8. The number of benzene rings is 1. The van der Waals surface area contributed by atoms with Crippen LogP contribution in [0.2, 0.25) is 0 Å². The van der Waals surface area contributed by atoms with Gasteiger partial charge in [-0.3, -0.25) is 24.0 Å². The molecule has 6 N–H and O–H groups in total. The second-order valence-electron chi connectivity index (χ2n) is 15.5. The molecule has 3 aliphatic rings. The van der Waals surface area contributed by atoms with Gasteiger partial charge < -0.3 is 26.4 Å². The van der Waals surface area contributed by atoms with E-state index in [0.29, 0.717) is 0 Å². The molecule has 1 unspecified atom stereocenters. The van der Waals surface area contributed by atoms with Crippen LogP contribution in [0.4, 0.5) is 8.78 Å². The third kappa shape index (κ3) is 10.4. The molecule has 2 aliphatic heterocycles. The van der Waals surface area contributed by atoms with Crippen LogP contribution >= 0.6 is 0 Å². The van der Waals surface area contributed by atoms with Crippen LogP contribution < -0.4 is 21.1 Å². The molecule has 3 fully saturated rings. The minimum absolute atomic E-state index is 0.00450. The number of hydrogen-bond acceptors (Lipinski definition) is 12. The molecule has 1 saturated carbocycles. The Morgan fingerprint density at radius 1 is 1.05 bits per heavy atom. The van der Waals surface area contributed by atoms with Crippen LogP contribution in [0.15, 0.2) is 35.4 Å². The number of alkyl halides is 2. The van der Waals surface area contributed by atoms with E-state index >= 15 is 0 Å². The van der Waals surface area contributed by atoms with Crippen molar-refractivity contribution < 1.29 is 54.7 Å². The highest BCUT2D eigenvalue weighted by Crippen LogP contribution is 2.35. The van der Waals surface area contributed by atoms with Gasteiger partial charge in [0.1, 0.15) is 23.2 Å². The molecule has 22 heteroatoms. The summed E-state index contributed by atoms with van der Waals surface area (Å²) in [5, 5.41) is 24.2. The molecule has 1 aromatic carbocycles. The first-order chi connectivity index (χ1) is 26.6. The maximum absolute atomic E-state index is 14.8. The fourth-order valence-corrected chi connectivity index (χ4v) is 10.3. The summed E-state index contributed by atoms with van der Waals surface area (Å²) in [4.78, 5) is 69.0. The summed E-state index contributed by atoms with van der Waals surface area (Å²) in [6, 6.07) is 1.11. The topological polar surface area (TPSA) is 270 Å². The summed E-state index contributed by atoms with van der Waals surface area (Å²) < 4.78 is 78.0. The lowest BCUT2D eigenvalue weighted by molar-refractivity contribution is -0.145. The van der Waals surface area contributed by atoms with Crippen molar-refractivity contribution in [1.29, 1.82) is 0 Å². The Bertz CT molecular complexity index is 2050. The van der Waals surface area contributed by atoms with Crippen molar-refractivity contribution in [1.82, 2.24) is 35.2 Å². The number of nitrogens with one attached hydrogen (secondary N) is 3. The molecule has 2 saturated heterocycles. The van der Waals surface area contributed by atoms with Gasteiger partial charge in [-0.2, -0.15) is 0 Å². The number of aromatic nitrogens is 3. The molecular weight excluding hydrogens is 795 g/mol. The molecule has 2 aromatic rings. The number of nitrogens with zero attached hydrogens (tertiary/aromatic N) is 4. The van der Waals surface area contributed by atoms with Crippen molar-refractivity contribution in [3.63, 3.8) is 0 Å². The monoisotopic (exact) mass is 842 g/mol. The van der Waals surface area contributed by atoms with Crippen LogP contribution in [-0.4, -0.2) is 120 Å². The van der Waals surface area contributed by atoms with Gasteiger partial charge in [-0.25, -0.2) is 35.0 Å². The van der Waals surface area contributed by atoms with Crippen LogP contribution in [0.5, 0.6) is 0 Å². The second kappa shape index (κ2) is 17.2. The number of sulfone groups is 1. The molecule has 3 atom stereocenters. The average Bonchev–Trinajstić information content (AvgIpc) is 3.83. The van der Waals surface area contributed by atoms with Crippen molar-refractivity contribution >= 4 is 49.3 Å². The molecule has 18 nitrogen and oxygen atoms in total. The second-order valence-corrected chi connectivity index (χ2v) is 19.5. The number of carbonyl (C=O) groups is 5. The lowest BCUT2D eigenvalue weighted by Gasteiger charge is -2.37. The van der Waals surface area contributed by atoms with E-state index in [4.69, 9.17) is 5.73 Å². The van der Waals surface area contributed by atoms with Gasteiger partial charge in [-0.15, -0.1) is 5.10 Å². The first-order valence-corrected chi connectivity index (χ1v) is 21.9. The SMILES string of the molecule is CC(C)(O)c1cnnn1[C@H]1C[C@@H](C(=O)NC2(C(=O)C(N)=O)CCS(=O)(=O)CC2)N(C(=O)C(CC2CCCCC2)NC(=O)c2ccc(S(=O)(=O)NCC(F)F)cc2)C1. The van der Waals surface area contributed by atoms with E-state index in [1.165, 1.54) is 41.8 Å². The smallest absolute Gasteiger partial charge is 0.287 e. The molecule has 1 aliphatic carbocycles. The minimum Gasteiger partial charge on any atom is -0.384 e. The first-order valence-electron chi connectivity index (χ1n) is 18.6. The Kier molecular flexibility index (Phi) is 13.2. The number of nitrogens with two attached hydrogens (primary N) is 1. The third-order valence-corrected chi connectivity index (χ3v) is 14.0. The Hall–Kier alpha value is -4.41. The van der Waals surface area contributed by atoms with Gasteiger partial charge in [0.25, 0.3) is 18.2 Å². The summed E-state index contributed by atoms with van der Waals surface area (Å²) in [5.41, 5.74) is 2.16. The van der Waals surface area contributed by atoms with Gasteiger partial charge in [-0.1, -0.05) is 37.3 Å². The lowest BCUT2D eigenvalue weighted by atomic mass is 9.84. The number of hydrogen-bond donors (Lipinski definition) is 5. The molecular formula is C35H48F2N8O10S2. The van der Waals surface area contributed by atoms with E-state index in [2.05, 4.69) is 20.9 Å². The minimum atomic E-state index is -4.31. The quantitative estimate of drug-likeness (QED) is 0.149. The fraction of sp³-hybridized carbons (Fsp3) is 0.629. The van der Waals surface area contributed by atoms with E-state index in [1.807, 2.05) is 0 Å². The van der Waals surface area contributed by atoms with Crippen molar-refractivity contribution in [2.24, 2.45) is 11.7 Å². The number of sulfonamides is 1. The molecule has 57 heavy (non-hydrogen) atoms. The fourth-order valence-electron chi connectivity index (χ4n) is 7.75. The van der Waals surface area contributed by atoms with Crippen molar-refractivity contribution in [2.75, 3.05) is 24.6 Å². The average molecular weight is 843 g/mol. The predicted molar refractivity (Wildman–Crippen MR) is 197 cm³/mol. The zero-order chi connectivity index (χ0) is 41.9. The number of ketones is 1. The Morgan fingerprint density at radius 2 is 1.68 bits per heavy atom. The standard InChI is InChI=1S/C35H48F2N8O10S2/c1-34(2,51)27-18-39-43-45(27)23-17-26(32(49)42-35(29(46)30(38)47)12-14-56(52,53)15-13-35)44(20-23)33(50)25(16-21-6-4-3-5-7-21)41-31(48)22-8-10-24(11-9-22)57(54,55)40-19-28(36)37/h8-11,18,21,23,25-26,28,40,51H,3-7,12-17,19-20H2,1-2H3,(H2,38,47)(H,41,48)(H,42,49)/t23-,25?,26-/m0/s1. The largest absolute Gasteiger partial charge is 0.384 e. The summed E-state index contributed by atoms with van der Waals surface area (Å²) >= 11 is 0. The van der Waals surface area contributed by atoms with Crippen molar-refractivity contribution in [3.05, 3.63) is 41.7 Å². The zero-order valence-electron chi connectivity index (χ0n) is 31.5. The van der Waals surface area contributed by atoms with E-state index in [-0.39, 0.29) is 41.5 Å². The summed E-state index contributed by atoms with van der Waals surface area (Å²) in [7, 11) is -7.90. The van der Waals surface area contributed by atoms with Gasteiger partial charge >= 0.3 is 0 Å². The number of amides is 4. The molecule has 3 heterocycles. The van der Waals surface area contributed by atoms with Gasteiger partial charge in [0.05, 0.1) is 40.9 Å². The third-order valence-electron chi connectivity index (χ3n) is 10.9. The van der Waals surface area contributed by atoms with Crippen LogP contribution in [-0.2, 0) is 44.6 Å². The highest BCUT2D eigenvalue weighted by molar-refractivity contribution is 7.91. The number of primary amides is 1. The van der Waals surface area contributed by atoms with E-state index in [9.17, 15) is 54.7 Å². The molecule has 0 bridgehead atoms. The van der Waals surface area contributed by atoms with Crippen LogP contribution in [0.3, 0.4) is 0 Å². The van der Waals surface area contributed by atoms with E-state index in [0.717, 1.165) is 44.2 Å². The number of likely N-dealkylation sites (tertiary alicyclic amines) is 1. The molecule has 0 radical (unpaired) electrons. The molecule has 1 aromatic heterocycles. The van der Waals surface area contributed by atoms with E-state index < -0.39 is 116 Å². The van der Waals surface area contributed by atoms with Crippen LogP contribution in [0.25, 0.3) is 0 Å². The molecule has 314 valence electrons. The summed E-state index contributed by atoms with van der Waals surface area (Å²) in [6.07, 6.45) is 1.90. The predicted octanol–water partition coefficient (Wildman–Crippen LogP) is 0.0779. The lowest BCUT2D eigenvalue weighted by Crippen LogP contribution is -2.64. The highest BCUT2D eigenvalue weighted by Gasteiger charge is 2.51. The number of rotatable bonds is 15. The Labute approximate surface area is 328 Å². The van der Waals surface area contributed by atoms with Gasteiger partial charge in [-0.05, 0) is 63.3 Å².